The fourth-order valence-corrected chi connectivity index (χ4v) is 3.51. The second kappa shape index (κ2) is 8.84. The monoisotopic (exact) mass is 436 g/mol. The van der Waals surface area contributed by atoms with E-state index in [0.29, 0.717) is 11.6 Å². The van der Waals surface area contributed by atoms with Gasteiger partial charge in [0.25, 0.3) is 11.5 Å². The van der Waals surface area contributed by atoms with Crippen LogP contribution in [-0.2, 0) is 6.54 Å². The first kappa shape index (κ1) is 20.3. The van der Waals surface area contributed by atoms with Crippen molar-refractivity contribution in [2.24, 2.45) is 0 Å². The third-order valence-electron chi connectivity index (χ3n) is 5.13. The molecule has 0 saturated heterocycles. The molecule has 3 aromatic heterocycles. The van der Waals surface area contributed by atoms with Gasteiger partial charge < -0.3 is 14.3 Å². The molecule has 0 fully saturated rings. The zero-order valence-electron chi connectivity index (χ0n) is 17.6. The fraction of sp³-hybridized carbons (Fsp3) is 0.0385. The molecule has 0 bridgehead atoms. The van der Waals surface area contributed by atoms with Gasteiger partial charge in [0.05, 0.1) is 17.9 Å². The number of hydrogen-bond acceptors (Lipinski definition) is 4. The van der Waals surface area contributed by atoms with Crippen LogP contribution in [0.3, 0.4) is 0 Å². The van der Waals surface area contributed by atoms with Gasteiger partial charge in [0.1, 0.15) is 11.6 Å². The van der Waals surface area contributed by atoms with E-state index in [4.69, 9.17) is 9.52 Å². The van der Waals surface area contributed by atoms with E-state index in [9.17, 15) is 9.59 Å². The number of rotatable bonds is 6. The normalized spacial score (nSPS) is 10.8. The smallest absolute Gasteiger partial charge is 0.292 e. The molecule has 0 aliphatic heterocycles. The van der Waals surface area contributed by atoms with Gasteiger partial charge in [-0.05, 0) is 30.3 Å². The molecule has 0 aliphatic carbocycles. The van der Waals surface area contributed by atoms with E-state index in [1.54, 1.807) is 35.1 Å². The number of furan rings is 1. The molecule has 1 amide bonds. The van der Waals surface area contributed by atoms with Crippen LogP contribution in [0.5, 0.6) is 0 Å². The lowest BCUT2D eigenvalue weighted by Gasteiger charge is -2.08. The Labute approximate surface area is 189 Å². The highest BCUT2D eigenvalue weighted by Crippen LogP contribution is 2.25. The standard InChI is InChI=1S/C26H20N4O3/c31-25-13-7-8-16-29(25)18-21-14-15-23(33-21)26(32)27-24-17-22(19-9-3-1-4-10-19)28-30(24)20-11-5-2-6-12-20/h1-17H,18H2,(H,27,32). The summed E-state index contributed by atoms with van der Waals surface area (Å²) in [4.78, 5) is 24.9. The van der Waals surface area contributed by atoms with Crippen molar-refractivity contribution in [2.45, 2.75) is 6.54 Å². The lowest BCUT2D eigenvalue weighted by Crippen LogP contribution is -2.18. The molecule has 7 heteroatoms. The maximum atomic E-state index is 13.0. The zero-order chi connectivity index (χ0) is 22.6. The Kier molecular flexibility index (Phi) is 5.43. The minimum Gasteiger partial charge on any atom is -0.454 e. The van der Waals surface area contributed by atoms with Crippen LogP contribution < -0.4 is 10.9 Å². The number of carbonyl (C=O) groups is 1. The molecule has 0 spiro atoms. The summed E-state index contributed by atoms with van der Waals surface area (Å²) in [6.07, 6.45) is 1.67. The average Bonchev–Trinajstić information content (AvgIpc) is 3.49. The van der Waals surface area contributed by atoms with Gasteiger partial charge in [-0.2, -0.15) is 5.10 Å². The van der Waals surface area contributed by atoms with Crippen molar-refractivity contribution in [3.8, 4) is 16.9 Å². The molecule has 33 heavy (non-hydrogen) atoms. The van der Waals surface area contributed by atoms with Gasteiger partial charge in [0.2, 0.25) is 0 Å². The Morgan fingerprint density at radius 2 is 1.61 bits per heavy atom. The Balaban J connectivity index is 1.42. The topological polar surface area (TPSA) is 82.1 Å². The molecule has 3 heterocycles. The fourth-order valence-electron chi connectivity index (χ4n) is 3.51. The van der Waals surface area contributed by atoms with Crippen LogP contribution in [0, 0.1) is 0 Å². The van der Waals surface area contributed by atoms with Crippen LogP contribution >= 0.6 is 0 Å². The van der Waals surface area contributed by atoms with Crippen LogP contribution in [0.1, 0.15) is 16.3 Å². The highest BCUT2D eigenvalue weighted by atomic mass is 16.4. The summed E-state index contributed by atoms with van der Waals surface area (Å²) in [6, 6.07) is 29.4. The number of nitrogens with zero attached hydrogens (tertiary/aromatic N) is 3. The first-order chi connectivity index (χ1) is 16.2. The summed E-state index contributed by atoms with van der Waals surface area (Å²) in [7, 11) is 0. The predicted octanol–water partition coefficient (Wildman–Crippen LogP) is 4.59. The maximum Gasteiger partial charge on any atom is 0.292 e. The van der Waals surface area contributed by atoms with Gasteiger partial charge in [0, 0.05) is 23.9 Å². The Morgan fingerprint density at radius 3 is 2.36 bits per heavy atom. The highest BCUT2D eigenvalue weighted by Gasteiger charge is 2.17. The van der Waals surface area contributed by atoms with Gasteiger partial charge >= 0.3 is 0 Å². The lowest BCUT2D eigenvalue weighted by molar-refractivity contribution is 0.0994. The minimum absolute atomic E-state index is 0.139. The van der Waals surface area contributed by atoms with Crippen LogP contribution in [0.25, 0.3) is 16.9 Å². The number of pyridine rings is 1. The number of aromatic nitrogens is 3. The number of nitrogens with one attached hydrogen (secondary N) is 1. The number of benzene rings is 2. The lowest BCUT2D eigenvalue weighted by atomic mass is 10.1. The largest absolute Gasteiger partial charge is 0.454 e. The molecule has 7 nitrogen and oxygen atoms in total. The third kappa shape index (κ3) is 4.38. The van der Waals surface area contributed by atoms with Crippen molar-refractivity contribution >= 4 is 11.7 Å². The number of para-hydroxylation sites is 1. The van der Waals surface area contributed by atoms with E-state index in [1.165, 1.54) is 10.6 Å². The third-order valence-corrected chi connectivity index (χ3v) is 5.13. The molecule has 0 atom stereocenters. The molecule has 162 valence electrons. The summed E-state index contributed by atoms with van der Waals surface area (Å²) in [5.41, 5.74) is 2.35. The predicted molar refractivity (Wildman–Crippen MR) is 125 cm³/mol. The Hall–Kier alpha value is -4.65. The Bertz CT molecular complexity index is 1450. The van der Waals surface area contributed by atoms with Gasteiger partial charge in [-0.25, -0.2) is 4.68 Å². The van der Waals surface area contributed by atoms with E-state index in [-0.39, 0.29) is 17.9 Å². The first-order valence-corrected chi connectivity index (χ1v) is 10.4. The first-order valence-electron chi connectivity index (χ1n) is 10.4. The zero-order valence-corrected chi connectivity index (χ0v) is 17.6. The summed E-state index contributed by atoms with van der Waals surface area (Å²) in [5, 5.41) is 7.60. The second-order valence-electron chi connectivity index (χ2n) is 7.42. The van der Waals surface area contributed by atoms with E-state index in [1.807, 2.05) is 66.7 Å². The van der Waals surface area contributed by atoms with Gasteiger partial charge in [-0.1, -0.05) is 54.6 Å². The van der Waals surface area contributed by atoms with Crippen molar-refractivity contribution in [3.05, 3.63) is 125 Å². The highest BCUT2D eigenvalue weighted by molar-refractivity contribution is 6.02. The average molecular weight is 436 g/mol. The Morgan fingerprint density at radius 1 is 0.879 bits per heavy atom. The van der Waals surface area contributed by atoms with Gasteiger partial charge in [-0.3, -0.25) is 9.59 Å². The number of carbonyl (C=O) groups excluding carboxylic acids is 1. The van der Waals surface area contributed by atoms with E-state index in [2.05, 4.69) is 5.32 Å². The van der Waals surface area contributed by atoms with Crippen molar-refractivity contribution in [3.63, 3.8) is 0 Å². The summed E-state index contributed by atoms with van der Waals surface area (Å²) < 4.78 is 8.91. The molecule has 0 unspecified atom stereocenters. The van der Waals surface area contributed by atoms with Crippen LogP contribution in [0.4, 0.5) is 5.82 Å². The molecule has 2 aromatic carbocycles. The summed E-state index contributed by atoms with van der Waals surface area (Å²) >= 11 is 0. The van der Waals surface area contributed by atoms with E-state index < -0.39 is 5.91 Å². The maximum absolute atomic E-state index is 13.0. The van der Waals surface area contributed by atoms with Crippen molar-refractivity contribution in [1.29, 1.82) is 0 Å². The van der Waals surface area contributed by atoms with E-state index in [0.717, 1.165) is 16.9 Å². The number of anilines is 1. The minimum atomic E-state index is -0.404. The van der Waals surface area contributed by atoms with Gasteiger partial charge in [-0.15, -0.1) is 0 Å². The van der Waals surface area contributed by atoms with Crippen LogP contribution in [-0.4, -0.2) is 20.3 Å². The molecule has 0 radical (unpaired) electrons. The second-order valence-corrected chi connectivity index (χ2v) is 7.42. The molecular formula is C26H20N4O3. The van der Waals surface area contributed by atoms with Crippen molar-refractivity contribution in [1.82, 2.24) is 14.3 Å². The van der Waals surface area contributed by atoms with Crippen molar-refractivity contribution < 1.29 is 9.21 Å². The molecule has 5 aromatic rings. The molecule has 0 aliphatic rings. The molecule has 1 N–H and O–H groups in total. The summed E-state index contributed by atoms with van der Waals surface area (Å²) in [5.74, 6) is 0.770. The SMILES string of the molecule is O=C(Nc1cc(-c2ccccc2)nn1-c1ccccc1)c1ccc(Cn2ccccc2=O)o1. The molecule has 5 rings (SSSR count). The van der Waals surface area contributed by atoms with E-state index >= 15 is 0 Å². The van der Waals surface area contributed by atoms with Gasteiger partial charge in [0.15, 0.2) is 5.76 Å². The summed E-state index contributed by atoms with van der Waals surface area (Å²) in [6.45, 7) is 0.243. The molecule has 0 saturated carbocycles. The molecular weight excluding hydrogens is 416 g/mol. The van der Waals surface area contributed by atoms with Crippen LogP contribution in [0.2, 0.25) is 0 Å². The van der Waals surface area contributed by atoms with Crippen LogP contribution in [0.15, 0.2) is 112 Å². The quantitative estimate of drug-likeness (QED) is 0.422. The number of hydrogen-bond donors (Lipinski definition) is 1. The van der Waals surface area contributed by atoms with Crippen molar-refractivity contribution in [2.75, 3.05) is 5.32 Å². The number of amides is 1.